The fraction of sp³-hybridized carbons (Fsp3) is 0.800. The number of amides is 1. The first kappa shape index (κ1) is 11.8. The van der Waals surface area contributed by atoms with Gasteiger partial charge in [-0.05, 0) is 13.8 Å². The van der Waals surface area contributed by atoms with Crippen molar-refractivity contribution < 1.29 is 14.3 Å². The zero-order valence-electron chi connectivity index (χ0n) is 9.10. The molecule has 0 radical (unpaired) electrons. The van der Waals surface area contributed by atoms with Crippen LogP contribution in [0.25, 0.3) is 0 Å². The zero-order chi connectivity index (χ0) is 11.3. The van der Waals surface area contributed by atoms with Crippen LogP contribution in [0, 0.1) is 11.3 Å². The highest BCUT2D eigenvalue weighted by molar-refractivity contribution is 5.68. The lowest BCUT2D eigenvalue weighted by atomic mass is 10.2. The van der Waals surface area contributed by atoms with Crippen LogP contribution >= 0.6 is 0 Å². The monoisotopic (exact) mass is 212 g/mol. The highest BCUT2D eigenvalue weighted by Crippen LogP contribution is 2.12. The number of nitriles is 1. The Morgan fingerprint density at radius 3 is 3.07 bits per heavy atom. The topological polar surface area (TPSA) is 62.6 Å². The molecule has 5 nitrogen and oxygen atoms in total. The van der Waals surface area contributed by atoms with Crippen LogP contribution in [0.2, 0.25) is 0 Å². The van der Waals surface area contributed by atoms with E-state index in [0.29, 0.717) is 19.8 Å². The minimum absolute atomic E-state index is 0.136. The molecule has 84 valence electrons. The van der Waals surface area contributed by atoms with Crippen LogP contribution in [0.4, 0.5) is 4.79 Å². The molecule has 0 saturated carbocycles. The van der Waals surface area contributed by atoms with Crippen molar-refractivity contribution in [1.29, 1.82) is 5.26 Å². The van der Waals surface area contributed by atoms with Crippen LogP contribution in [0.5, 0.6) is 0 Å². The molecule has 0 N–H and O–H groups in total. The zero-order valence-corrected chi connectivity index (χ0v) is 9.10. The summed E-state index contributed by atoms with van der Waals surface area (Å²) in [5.74, 6) is 0. The molecule has 1 fully saturated rings. The van der Waals surface area contributed by atoms with Crippen LogP contribution in [-0.2, 0) is 9.47 Å². The molecule has 1 aliphatic rings. The van der Waals surface area contributed by atoms with E-state index < -0.39 is 0 Å². The predicted molar refractivity (Wildman–Crippen MR) is 53.2 cm³/mol. The van der Waals surface area contributed by atoms with Crippen LogP contribution < -0.4 is 0 Å². The van der Waals surface area contributed by atoms with Gasteiger partial charge >= 0.3 is 6.09 Å². The predicted octanol–water partition coefficient (Wildman–Crippen LogP) is 1.15. The summed E-state index contributed by atoms with van der Waals surface area (Å²) in [6.45, 7) is 5.03. The Morgan fingerprint density at radius 1 is 1.73 bits per heavy atom. The lowest BCUT2D eigenvalue weighted by molar-refractivity contribution is -0.0138. The lowest BCUT2D eigenvalue weighted by Gasteiger charge is -2.33. The molecular formula is C10H16N2O3. The van der Waals surface area contributed by atoms with Gasteiger partial charge in [0, 0.05) is 6.54 Å². The minimum Gasteiger partial charge on any atom is -0.447 e. The van der Waals surface area contributed by atoms with Gasteiger partial charge in [-0.1, -0.05) is 0 Å². The Balaban J connectivity index is 2.55. The highest BCUT2D eigenvalue weighted by atomic mass is 16.6. The van der Waals surface area contributed by atoms with E-state index in [-0.39, 0.29) is 24.7 Å². The molecule has 0 aliphatic carbocycles. The summed E-state index contributed by atoms with van der Waals surface area (Å²) in [7, 11) is 0. The third-order valence-electron chi connectivity index (χ3n) is 2.13. The van der Waals surface area contributed by atoms with Gasteiger partial charge in [-0.15, -0.1) is 0 Å². The molecule has 0 aromatic carbocycles. The van der Waals surface area contributed by atoms with Gasteiger partial charge in [0.1, 0.15) is 0 Å². The molecular weight excluding hydrogens is 196 g/mol. The first-order valence-electron chi connectivity index (χ1n) is 5.07. The van der Waals surface area contributed by atoms with Crippen molar-refractivity contribution in [2.24, 2.45) is 0 Å². The average molecular weight is 212 g/mol. The molecule has 1 amide bonds. The number of carbonyl (C=O) groups is 1. The highest BCUT2D eigenvalue weighted by Gasteiger charge is 2.28. The van der Waals surface area contributed by atoms with Gasteiger partial charge in [-0.2, -0.15) is 5.26 Å². The van der Waals surface area contributed by atoms with E-state index in [1.165, 1.54) is 0 Å². The SMILES string of the molecule is CC(C)OC(=O)N1CCOCC1CC#N. The number of rotatable bonds is 2. The van der Waals surface area contributed by atoms with Gasteiger partial charge in [0.05, 0.1) is 37.8 Å². The second kappa shape index (κ2) is 5.56. The third kappa shape index (κ3) is 3.40. The van der Waals surface area contributed by atoms with Crippen molar-refractivity contribution in [2.45, 2.75) is 32.4 Å². The standard InChI is InChI=1S/C10H16N2O3/c1-8(2)15-10(13)12-5-6-14-7-9(12)3-4-11/h8-9H,3,5-7H2,1-2H3. The molecule has 1 saturated heterocycles. The second-order valence-corrected chi connectivity index (χ2v) is 3.72. The molecule has 0 aromatic heterocycles. The Morgan fingerprint density at radius 2 is 2.47 bits per heavy atom. The largest absolute Gasteiger partial charge is 0.447 e. The Hall–Kier alpha value is -1.28. The molecule has 15 heavy (non-hydrogen) atoms. The summed E-state index contributed by atoms with van der Waals surface area (Å²) < 4.78 is 10.3. The molecule has 0 bridgehead atoms. The van der Waals surface area contributed by atoms with E-state index in [1.54, 1.807) is 18.7 Å². The first-order chi connectivity index (χ1) is 7.15. The Kier molecular flexibility index (Phi) is 4.37. The van der Waals surface area contributed by atoms with Crippen molar-refractivity contribution in [2.75, 3.05) is 19.8 Å². The van der Waals surface area contributed by atoms with Gasteiger partial charge in [0.2, 0.25) is 0 Å². The molecule has 5 heteroatoms. The summed E-state index contributed by atoms with van der Waals surface area (Å²) in [6, 6.07) is 1.87. The van der Waals surface area contributed by atoms with Gasteiger partial charge in [0.15, 0.2) is 0 Å². The van der Waals surface area contributed by atoms with Crippen LogP contribution in [0.15, 0.2) is 0 Å². The summed E-state index contributed by atoms with van der Waals surface area (Å²) in [5.41, 5.74) is 0. The summed E-state index contributed by atoms with van der Waals surface area (Å²) in [5, 5.41) is 8.62. The smallest absolute Gasteiger partial charge is 0.410 e. The lowest BCUT2D eigenvalue weighted by Crippen LogP contribution is -2.49. The number of nitrogens with zero attached hydrogens (tertiary/aromatic N) is 2. The number of hydrogen-bond donors (Lipinski definition) is 0. The van der Waals surface area contributed by atoms with Crippen LogP contribution in [0.1, 0.15) is 20.3 Å². The molecule has 1 atom stereocenters. The van der Waals surface area contributed by atoms with E-state index in [0.717, 1.165) is 0 Å². The Bertz CT molecular complexity index is 260. The van der Waals surface area contributed by atoms with E-state index in [9.17, 15) is 4.79 Å². The maximum Gasteiger partial charge on any atom is 0.410 e. The first-order valence-corrected chi connectivity index (χ1v) is 5.07. The van der Waals surface area contributed by atoms with Crippen molar-refractivity contribution in [3.63, 3.8) is 0 Å². The van der Waals surface area contributed by atoms with Crippen molar-refractivity contribution >= 4 is 6.09 Å². The molecule has 1 unspecified atom stereocenters. The third-order valence-corrected chi connectivity index (χ3v) is 2.13. The van der Waals surface area contributed by atoms with E-state index in [1.807, 2.05) is 6.07 Å². The molecule has 0 spiro atoms. The Labute approximate surface area is 89.6 Å². The van der Waals surface area contributed by atoms with E-state index in [2.05, 4.69) is 0 Å². The molecule has 1 aliphatic heterocycles. The van der Waals surface area contributed by atoms with Gasteiger partial charge in [0.25, 0.3) is 0 Å². The summed E-state index contributed by atoms with van der Waals surface area (Å²) >= 11 is 0. The maximum atomic E-state index is 11.6. The summed E-state index contributed by atoms with van der Waals surface area (Å²) in [4.78, 5) is 13.2. The fourth-order valence-electron chi connectivity index (χ4n) is 1.44. The second-order valence-electron chi connectivity index (χ2n) is 3.72. The van der Waals surface area contributed by atoms with Gasteiger partial charge < -0.3 is 9.47 Å². The molecule has 0 aromatic rings. The number of ether oxygens (including phenoxy) is 2. The molecule has 1 rings (SSSR count). The van der Waals surface area contributed by atoms with E-state index >= 15 is 0 Å². The number of carbonyl (C=O) groups excluding carboxylic acids is 1. The fourth-order valence-corrected chi connectivity index (χ4v) is 1.44. The van der Waals surface area contributed by atoms with Crippen LogP contribution in [0.3, 0.4) is 0 Å². The van der Waals surface area contributed by atoms with E-state index in [4.69, 9.17) is 14.7 Å². The summed E-state index contributed by atoms with van der Waals surface area (Å²) in [6.07, 6.45) is -0.204. The van der Waals surface area contributed by atoms with Crippen LogP contribution in [-0.4, -0.2) is 42.9 Å². The van der Waals surface area contributed by atoms with Crippen molar-refractivity contribution in [3.05, 3.63) is 0 Å². The number of morpholine rings is 1. The maximum absolute atomic E-state index is 11.6. The minimum atomic E-state index is -0.353. The quantitative estimate of drug-likeness (QED) is 0.688. The van der Waals surface area contributed by atoms with Gasteiger partial charge in [-0.25, -0.2) is 4.79 Å². The average Bonchev–Trinajstić information content (AvgIpc) is 2.18. The van der Waals surface area contributed by atoms with Gasteiger partial charge in [-0.3, -0.25) is 4.90 Å². The van der Waals surface area contributed by atoms with Crippen molar-refractivity contribution in [1.82, 2.24) is 4.90 Å². The number of hydrogen-bond acceptors (Lipinski definition) is 4. The molecule has 1 heterocycles. The van der Waals surface area contributed by atoms with Crippen molar-refractivity contribution in [3.8, 4) is 6.07 Å². The normalized spacial score (nSPS) is 21.2.